The SMILES string of the molecule is Cc1sc(C#CC(C)(C)C)cc1N(O)C1CCCCC1. The van der Waals surface area contributed by atoms with Crippen LogP contribution in [-0.4, -0.2) is 11.2 Å². The van der Waals surface area contributed by atoms with Crippen molar-refractivity contribution in [1.82, 2.24) is 0 Å². The molecule has 0 aliphatic heterocycles. The van der Waals surface area contributed by atoms with Gasteiger partial charge in [0.1, 0.15) is 0 Å². The summed E-state index contributed by atoms with van der Waals surface area (Å²) in [6.07, 6.45) is 5.93. The van der Waals surface area contributed by atoms with Crippen molar-refractivity contribution < 1.29 is 5.21 Å². The lowest BCUT2D eigenvalue weighted by Gasteiger charge is -2.30. The Labute approximate surface area is 126 Å². The molecule has 110 valence electrons. The molecule has 1 N–H and O–H groups in total. The van der Waals surface area contributed by atoms with E-state index in [-0.39, 0.29) is 11.5 Å². The highest BCUT2D eigenvalue weighted by Crippen LogP contribution is 2.33. The molecule has 2 nitrogen and oxygen atoms in total. The minimum absolute atomic E-state index is 0.0142. The molecule has 1 saturated carbocycles. The highest BCUT2D eigenvalue weighted by atomic mass is 32.1. The van der Waals surface area contributed by atoms with Crippen molar-refractivity contribution in [3.05, 3.63) is 15.8 Å². The molecule has 0 atom stereocenters. The molecule has 1 heterocycles. The van der Waals surface area contributed by atoms with Gasteiger partial charge in [0.05, 0.1) is 16.6 Å². The van der Waals surface area contributed by atoms with Crippen LogP contribution >= 0.6 is 11.3 Å². The van der Waals surface area contributed by atoms with E-state index in [4.69, 9.17) is 0 Å². The topological polar surface area (TPSA) is 23.5 Å². The lowest BCUT2D eigenvalue weighted by atomic mass is 9.95. The molecule has 1 aliphatic rings. The van der Waals surface area contributed by atoms with Gasteiger partial charge in [-0.3, -0.25) is 10.3 Å². The number of rotatable bonds is 2. The third-order valence-corrected chi connectivity index (χ3v) is 4.57. The third kappa shape index (κ3) is 4.01. The van der Waals surface area contributed by atoms with E-state index in [2.05, 4.69) is 39.5 Å². The first-order chi connectivity index (χ1) is 9.37. The van der Waals surface area contributed by atoms with Crippen LogP contribution in [0.15, 0.2) is 6.07 Å². The Morgan fingerprint density at radius 2 is 1.90 bits per heavy atom. The zero-order valence-corrected chi connectivity index (χ0v) is 13.8. The molecule has 0 radical (unpaired) electrons. The summed E-state index contributed by atoms with van der Waals surface area (Å²) in [6, 6.07) is 2.31. The summed E-state index contributed by atoms with van der Waals surface area (Å²) in [5.74, 6) is 6.49. The Kier molecular flexibility index (Phi) is 4.78. The second kappa shape index (κ2) is 6.20. The Morgan fingerprint density at radius 1 is 1.25 bits per heavy atom. The molecule has 0 saturated heterocycles. The Bertz CT molecular complexity index is 509. The highest BCUT2D eigenvalue weighted by Gasteiger charge is 2.22. The van der Waals surface area contributed by atoms with E-state index in [0.717, 1.165) is 28.3 Å². The van der Waals surface area contributed by atoms with Gasteiger partial charge in [-0.2, -0.15) is 0 Å². The normalized spacial score (nSPS) is 16.6. The van der Waals surface area contributed by atoms with Crippen molar-refractivity contribution in [1.29, 1.82) is 0 Å². The number of hydroxylamine groups is 1. The van der Waals surface area contributed by atoms with Crippen LogP contribution in [0.5, 0.6) is 0 Å². The zero-order valence-electron chi connectivity index (χ0n) is 13.0. The quantitative estimate of drug-likeness (QED) is 0.613. The molecule has 0 spiro atoms. The Hall–Kier alpha value is -0.980. The van der Waals surface area contributed by atoms with Crippen LogP contribution in [0.1, 0.15) is 62.6 Å². The summed E-state index contributed by atoms with van der Waals surface area (Å²) >= 11 is 1.67. The van der Waals surface area contributed by atoms with E-state index in [9.17, 15) is 5.21 Å². The zero-order chi connectivity index (χ0) is 14.8. The number of aryl methyl sites for hydroxylation is 1. The predicted molar refractivity (Wildman–Crippen MR) is 86.5 cm³/mol. The number of hydrogen-bond acceptors (Lipinski definition) is 3. The summed E-state index contributed by atoms with van der Waals surface area (Å²) in [5.41, 5.74) is 0.959. The van der Waals surface area contributed by atoms with E-state index >= 15 is 0 Å². The van der Waals surface area contributed by atoms with Crippen LogP contribution in [0, 0.1) is 24.2 Å². The largest absolute Gasteiger partial charge is 0.288 e. The molecule has 3 heteroatoms. The van der Waals surface area contributed by atoms with Gasteiger partial charge < -0.3 is 0 Å². The van der Waals surface area contributed by atoms with Crippen molar-refractivity contribution in [2.24, 2.45) is 5.41 Å². The van der Waals surface area contributed by atoms with Gasteiger partial charge in [0, 0.05) is 10.3 Å². The fraction of sp³-hybridized carbons (Fsp3) is 0.647. The average Bonchev–Trinajstić information content (AvgIpc) is 2.77. The van der Waals surface area contributed by atoms with E-state index in [1.165, 1.54) is 24.3 Å². The van der Waals surface area contributed by atoms with E-state index in [1.807, 2.05) is 6.07 Å². The Balaban J connectivity index is 2.15. The molecular weight excluding hydrogens is 266 g/mol. The summed E-state index contributed by atoms with van der Waals surface area (Å²) in [5, 5.41) is 12.0. The van der Waals surface area contributed by atoms with Crippen molar-refractivity contribution in [3.8, 4) is 11.8 Å². The summed E-state index contributed by atoms with van der Waals surface area (Å²) in [4.78, 5) is 2.19. The number of anilines is 1. The van der Waals surface area contributed by atoms with Crippen molar-refractivity contribution in [3.63, 3.8) is 0 Å². The van der Waals surface area contributed by atoms with Crippen molar-refractivity contribution in [2.75, 3.05) is 5.06 Å². The summed E-state index contributed by atoms with van der Waals surface area (Å²) < 4.78 is 0. The summed E-state index contributed by atoms with van der Waals surface area (Å²) in [7, 11) is 0. The van der Waals surface area contributed by atoms with E-state index < -0.39 is 0 Å². The molecule has 2 rings (SSSR count). The van der Waals surface area contributed by atoms with E-state index in [1.54, 1.807) is 11.3 Å². The number of nitrogens with zero attached hydrogens (tertiary/aromatic N) is 1. The molecule has 1 aromatic heterocycles. The second-order valence-electron chi connectivity index (χ2n) is 6.69. The van der Waals surface area contributed by atoms with Crippen LogP contribution in [0.4, 0.5) is 5.69 Å². The van der Waals surface area contributed by atoms with Gasteiger partial charge in [0.2, 0.25) is 0 Å². The first-order valence-electron chi connectivity index (χ1n) is 7.48. The molecule has 0 amide bonds. The monoisotopic (exact) mass is 291 g/mol. The van der Waals surface area contributed by atoms with Crippen LogP contribution in [-0.2, 0) is 0 Å². The molecule has 1 aromatic rings. The standard InChI is InChI=1S/C17H25NOS/c1-13-16(18(19)14-8-6-5-7-9-14)12-15(20-13)10-11-17(2,3)4/h12,14,19H,5-9H2,1-4H3. The molecule has 0 bridgehead atoms. The molecule has 0 unspecified atom stereocenters. The lowest BCUT2D eigenvalue weighted by Crippen LogP contribution is -2.33. The minimum Gasteiger partial charge on any atom is -0.288 e. The van der Waals surface area contributed by atoms with Crippen molar-refractivity contribution >= 4 is 17.0 Å². The van der Waals surface area contributed by atoms with Crippen LogP contribution in [0.2, 0.25) is 0 Å². The predicted octanol–water partition coefficient (Wildman–Crippen LogP) is 4.98. The van der Waals surface area contributed by atoms with Crippen LogP contribution in [0.25, 0.3) is 0 Å². The highest BCUT2D eigenvalue weighted by molar-refractivity contribution is 7.13. The van der Waals surface area contributed by atoms with E-state index in [0.29, 0.717) is 0 Å². The first-order valence-corrected chi connectivity index (χ1v) is 8.30. The van der Waals surface area contributed by atoms with Gasteiger partial charge in [-0.15, -0.1) is 11.3 Å². The van der Waals surface area contributed by atoms with Crippen LogP contribution in [0.3, 0.4) is 0 Å². The Morgan fingerprint density at radius 3 is 2.50 bits per heavy atom. The maximum Gasteiger partial charge on any atom is 0.0793 e. The van der Waals surface area contributed by atoms with Gasteiger partial charge in [-0.05, 0) is 46.6 Å². The van der Waals surface area contributed by atoms with Gasteiger partial charge in [-0.25, -0.2) is 0 Å². The summed E-state index contributed by atoms with van der Waals surface area (Å²) in [6.45, 7) is 8.40. The smallest absolute Gasteiger partial charge is 0.0793 e. The number of thiophene rings is 1. The fourth-order valence-electron chi connectivity index (χ4n) is 2.53. The molecule has 0 aromatic carbocycles. The molecule has 1 aliphatic carbocycles. The number of hydrogen-bond donors (Lipinski definition) is 1. The third-order valence-electron chi connectivity index (χ3n) is 3.62. The maximum atomic E-state index is 10.5. The molecule has 20 heavy (non-hydrogen) atoms. The van der Waals surface area contributed by atoms with Crippen molar-refractivity contribution in [2.45, 2.75) is 65.8 Å². The first kappa shape index (κ1) is 15.4. The average molecular weight is 291 g/mol. The van der Waals surface area contributed by atoms with Gasteiger partial charge in [0.25, 0.3) is 0 Å². The fourth-order valence-corrected chi connectivity index (χ4v) is 3.39. The minimum atomic E-state index is 0.0142. The van der Waals surface area contributed by atoms with Crippen LogP contribution < -0.4 is 5.06 Å². The second-order valence-corrected chi connectivity index (χ2v) is 7.94. The molecule has 1 fully saturated rings. The van der Waals surface area contributed by atoms with Gasteiger partial charge in [-0.1, -0.05) is 31.1 Å². The molecular formula is C17H25NOS. The lowest BCUT2D eigenvalue weighted by molar-refractivity contribution is 0.190. The van der Waals surface area contributed by atoms with Gasteiger partial charge in [0.15, 0.2) is 0 Å². The van der Waals surface area contributed by atoms with Gasteiger partial charge >= 0.3 is 0 Å². The maximum absolute atomic E-state index is 10.5.